The van der Waals surface area contributed by atoms with Crippen LogP contribution in [0, 0.1) is 0 Å². The van der Waals surface area contributed by atoms with Gasteiger partial charge in [0, 0.05) is 6.07 Å². The first-order valence-electron chi connectivity index (χ1n) is 5.77. The summed E-state index contributed by atoms with van der Waals surface area (Å²) in [7, 11) is 2.95. The number of carbonyl (C=O) groups is 1. The SMILES string of the molecule is COc1cc(OC)c(NC(=O)Nc2nccnn2)cc1Cl. The molecule has 9 heteroatoms. The summed E-state index contributed by atoms with van der Waals surface area (Å²) in [6.45, 7) is 0. The molecular formula is C12H12ClN5O3. The van der Waals surface area contributed by atoms with Gasteiger partial charge in [-0.05, 0) is 6.07 Å². The van der Waals surface area contributed by atoms with Crippen LogP contribution in [-0.4, -0.2) is 35.4 Å². The zero-order valence-electron chi connectivity index (χ0n) is 11.3. The number of aromatic nitrogens is 3. The van der Waals surface area contributed by atoms with E-state index in [-0.39, 0.29) is 5.95 Å². The number of ether oxygens (including phenoxy) is 2. The van der Waals surface area contributed by atoms with Gasteiger partial charge in [0.25, 0.3) is 5.95 Å². The fourth-order valence-electron chi connectivity index (χ4n) is 1.52. The highest BCUT2D eigenvalue weighted by Gasteiger charge is 2.13. The summed E-state index contributed by atoms with van der Waals surface area (Å²) >= 11 is 6.02. The lowest BCUT2D eigenvalue weighted by Gasteiger charge is -2.13. The molecule has 1 aromatic heterocycles. The maximum Gasteiger partial charge on any atom is 0.326 e. The minimum atomic E-state index is -0.553. The maximum atomic E-state index is 11.9. The summed E-state index contributed by atoms with van der Waals surface area (Å²) in [5.41, 5.74) is 0.379. The average molecular weight is 310 g/mol. The quantitative estimate of drug-likeness (QED) is 0.898. The summed E-state index contributed by atoms with van der Waals surface area (Å²) in [6.07, 6.45) is 2.81. The lowest BCUT2D eigenvalue weighted by atomic mass is 10.2. The fourth-order valence-corrected chi connectivity index (χ4v) is 1.76. The van der Waals surface area contributed by atoms with Crippen molar-refractivity contribution in [3.05, 3.63) is 29.5 Å². The molecule has 0 saturated heterocycles. The molecule has 2 aromatic rings. The van der Waals surface area contributed by atoms with Crippen molar-refractivity contribution in [1.82, 2.24) is 15.2 Å². The van der Waals surface area contributed by atoms with Crippen LogP contribution in [0.3, 0.4) is 0 Å². The van der Waals surface area contributed by atoms with Crippen LogP contribution in [0.1, 0.15) is 0 Å². The van der Waals surface area contributed by atoms with Gasteiger partial charge in [0.2, 0.25) is 0 Å². The molecule has 110 valence electrons. The van der Waals surface area contributed by atoms with Gasteiger partial charge in [-0.3, -0.25) is 5.32 Å². The van der Waals surface area contributed by atoms with Gasteiger partial charge in [-0.25, -0.2) is 9.78 Å². The molecule has 0 aliphatic carbocycles. The van der Waals surface area contributed by atoms with E-state index in [1.165, 1.54) is 32.7 Å². The van der Waals surface area contributed by atoms with Gasteiger partial charge in [-0.2, -0.15) is 5.10 Å². The summed E-state index contributed by atoms with van der Waals surface area (Å²) in [6, 6.07) is 2.53. The highest BCUT2D eigenvalue weighted by Crippen LogP contribution is 2.35. The van der Waals surface area contributed by atoms with Crippen LogP contribution in [0.4, 0.5) is 16.4 Å². The number of nitrogens with one attached hydrogen (secondary N) is 2. The predicted octanol–water partition coefficient (Wildman–Crippen LogP) is 2.19. The second kappa shape index (κ2) is 6.71. The molecule has 1 heterocycles. The van der Waals surface area contributed by atoms with Gasteiger partial charge >= 0.3 is 6.03 Å². The first-order chi connectivity index (χ1) is 10.1. The minimum Gasteiger partial charge on any atom is -0.495 e. The summed E-state index contributed by atoms with van der Waals surface area (Å²) < 4.78 is 10.2. The van der Waals surface area contributed by atoms with Gasteiger partial charge in [-0.15, -0.1) is 5.10 Å². The van der Waals surface area contributed by atoms with E-state index in [1.807, 2.05) is 0 Å². The first-order valence-corrected chi connectivity index (χ1v) is 6.15. The van der Waals surface area contributed by atoms with E-state index in [1.54, 1.807) is 6.07 Å². The molecule has 0 saturated carbocycles. The zero-order valence-corrected chi connectivity index (χ0v) is 12.0. The molecule has 0 fully saturated rings. The number of halogens is 1. The van der Waals surface area contributed by atoms with Gasteiger partial charge in [0.05, 0.1) is 37.3 Å². The Morgan fingerprint density at radius 3 is 2.52 bits per heavy atom. The number of carbonyl (C=O) groups excluding carboxylic acids is 1. The summed E-state index contributed by atoms with van der Waals surface area (Å²) in [5.74, 6) is 0.919. The minimum absolute atomic E-state index is 0.0774. The second-order valence-corrected chi connectivity index (χ2v) is 4.14. The van der Waals surface area contributed by atoms with Crippen LogP contribution in [-0.2, 0) is 0 Å². The molecule has 1 aromatic carbocycles. The Bertz CT molecular complexity index is 638. The molecule has 0 aliphatic heterocycles. The highest BCUT2D eigenvalue weighted by molar-refractivity contribution is 6.32. The Morgan fingerprint density at radius 1 is 1.14 bits per heavy atom. The zero-order chi connectivity index (χ0) is 15.2. The Kier molecular flexibility index (Phi) is 4.72. The average Bonchev–Trinajstić information content (AvgIpc) is 2.48. The predicted molar refractivity (Wildman–Crippen MR) is 77.0 cm³/mol. The van der Waals surface area contributed by atoms with E-state index in [2.05, 4.69) is 25.8 Å². The van der Waals surface area contributed by atoms with Gasteiger partial charge < -0.3 is 14.8 Å². The van der Waals surface area contributed by atoms with Crippen LogP contribution in [0.25, 0.3) is 0 Å². The third-order valence-corrected chi connectivity index (χ3v) is 2.73. The number of rotatable bonds is 4. The molecule has 2 rings (SSSR count). The Hall–Kier alpha value is -2.61. The molecule has 2 N–H and O–H groups in total. The van der Waals surface area contributed by atoms with Crippen LogP contribution >= 0.6 is 11.6 Å². The molecule has 0 unspecified atom stereocenters. The van der Waals surface area contributed by atoms with Crippen molar-refractivity contribution in [2.45, 2.75) is 0 Å². The lowest BCUT2D eigenvalue weighted by molar-refractivity contribution is 0.262. The molecule has 8 nitrogen and oxygen atoms in total. The van der Waals surface area contributed by atoms with Crippen molar-refractivity contribution in [2.24, 2.45) is 0 Å². The molecule has 21 heavy (non-hydrogen) atoms. The second-order valence-electron chi connectivity index (χ2n) is 3.73. The number of hydrogen-bond donors (Lipinski definition) is 2. The monoisotopic (exact) mass is 309 g/mol. The summed E-state index contributed by atoms with van der Waals surface area (Å²) in [4.78, 5) is 15.7. The van der Waals surface area contributed by atoms with Crippen molar-refractivity contribution in [3.63, 3.8) is 0 Å². The third-order valence-electron chi connectivity index (χ3n) is 2.43. The molecule has 2 amide bonds. The Labute approximate surface area is 125 Å². The highest BCUT2D eigenvalue weighted by atomic mass is 35.5. The number of anilines is 2. The summed E-state index contributed by atoms with van der Waals surface area (Å²) in [5, 5.41) is 12.6. The number of hydrogen-bond acceptors (Lipinski definition) is 6. The molecule has 0 spiro atoms. The number of benzene rings is 1. The van der Waals surface area contributed by atoms with Crippen LogP contribution in [0.15, 0.2) is 24.5 Å². The molecule has 0 aliphatic rings. The van der Waals surface area contributed by atoms with Gasteiger partial charge in [-0.1, -0.05) is 11.6 Å². The van der Waals surface area contributed by atoms with E-state index >= 15 is 0 Å². The number of methoxy groups -OCH3 is 2. The fraction of sp³-hybridized carbons (Fsp3) is 0.167. The topological polar surface area (TPSA) is 98.3 Å². The maximum absolute atomic E-state index is 11.9. The van der Waals surface area contributed by atoms with E-state index in [0.29, 0.717) is 22.2 Å². The Balaban J connectivity index is 2.15. The van der Waals surface area contributed by atoms with Crippen molar-refractivity contribution in [2.75, 3.05) is 24.9 Å². The van der Waals surface area contributed by atoms with Crippen molar-refractivity contribution in [3.8, 4) is 11.5 Å². The first kappa shape index (κ1) is 14.8. The molecule has 0 bridgehead atoms. The smallest absolute Gasteiger partial charge is 0.326 e. The molecule has 0 radical (unpaired) electrons. The number of amides is 2. The van der Waals surface area contributed by atoms with E-state index in [9.17, 15) is 4.79 Å². The number of urea groups is 1. The van der Waals surface area contributed by atoms with E-state index in [4.69, 9.17) is 21.1 Å². The van der Waals surface area contributed by atoms with Crippen molar-refractivity contribution < 1.29 is 14.3 Å². The largest absolute Gasteiger partial charge is 0.495 e. The third kappa shape index (κ3) is 3.69. The van der Waals surface area contributed by atoms with Crippen LogP contribution in [0.5, 0.6) is 11.5 Å². The molecular weight excluding hydrogens is 298 g/mol. The van der Waals surface area contributed by atoms with Gasteiger partial charge in [0.1, 0.15) is 11.5 Å². The molecule has 0 atom stereocenters. The van der Waals surface area contributed by atoms with Crippen LogP contribution < -0.4 is 20.1 Å². The van der Waals surface area contributed by atoms with Gasteiger partial charge in [0.15, 0.2) is 0 Å². The van der Waals surface area contributed by atoms with Crippen molar-refractivity contribution >= 4 is 29.3 Å². The van der Waals surface area contributed by atoms with Crippen molar-refractivity contribution in [1.29, 1.82) is 0 Å². The standard InChI is InChI=1S/C12H12ClN5O3/c1-20-9-6-10(21-2)8(5-7(9)13)16-12(19)17-11-14-3-4-15-18-11/h3-6H,1-2H3,(H2,14,16,17,18,19). The van der Waals surface area contributed by atoms with Crippen LogP contribution in [0.2, 0.25) is 5.02 Å². The lowest BCUT2D eigenvalue weighted by Crippen LogP contribution is -2.21. The normalized spacial score (nSPS) is 9.86. The van der Waals surface area contributed by atoms with E-state index < -0.39 is 6.03 Å². The number of nitrogens with zero attached hydrogens (tertiary/aromatic N) is 3. The van der Waals surface area contributed by atoms with E-state index in [0.717, 1.165) is 0 Å². The Morgan fingerprint density at radius 2 is 1.90 bits per heavy atom.